The number of carbonyl (C=O) groups excluding carboxylic acids is 2. The highest BCUT2D eigenvalue weighted by molar-refractivity contribution is 5.96. The van der Waals surface area contributed by atoms with Gasteiger partial charge >= 0.3 is 6.09 Å². The van der Waals surface area contributed by atoms with Crippen LogP contribution in [0.15, 0.2) is 42.5 Å². The average Bonchev–Trinajstić information content (AvgIpc) is 3.22. The number of amides is 2. The van der Waals surface area contributed by atoms with E-state index in [4.69, 9.17) is 15.2 Å². The molecule has 1 aliphatic heterocycles. The van der Waals surface area contributed by atoms with E-state index in [-0.39, 0.29) is 12.1 Å². The Hall–Kier alpha value is -3.55. The van der Waals surface area contributed by atoms with Crippen molar-refractivity contribution >= 4 is 23.0 Å². The molecule has 0 aliphatic carbocycles. The number of H-pyrrole nitrogens is 1. The summed E-state index contributed by atoms with van der Waals surface area (Å²) in [6.45, 7) is 6.91. The van der Waals surface area contributed by atoms with Crippen LogP contribution in [0.25, 0.3) is 22.4 Å². The molecule has 180 valence electrons. The van der Waals surface area contributed by atoms with Crippen molar-refractivity contribution in [3.8, 4) is 17.1 Å². The number of ether oxygens (including phenoxy) is 2. The number of fused-ring (bicyclic) bond motifs is 1. The number of imidazole rings is 1. The van der Waals surface area contributed by atoms with E-state index < -0.39 is 11.5 Å². The molecule has 3 N–H and O–H groups in total. The number of benzene rings is 2. The predicted molar refractivity (Wildman–Crippen MR) is 131 cm³/mol. The van der Waals surface area contributed by atoms with Gasteiger partial charge in [-0.2, -0.15) is 0 Å². The lowest BCUT2D eigenvalue weighted by molar-refractivity contribution is 0.00742. The highest BCUT2D eigenvalue weighted by Gasteiger charge is 2.30. The largest absolute Gasteiger partial charge is 0.494 e. The van der Waals surface area contributed by atoms with Crippen LogP contribution in [0.5, 0.6) is 5.75 Å². The van der Waals surface area contributed by atoms with Gasteiger partial charge in [0, 0.05) is 30.1 Å². The summed E-state index contributed by atoms with van der Waals surface area (Å²) in [6.07, 6.45) is 3.59. The lowest BCUT2D eigenvalue weighted by Gasteiger charge is -2.36. The number of aromatic amines is 1. The van der Waals surface area contributed by atoms with Crippen LogP contribution >= 0.6 is 0 Å². The molecule has 1 atom stereocenters. The Kier molecular flexibility index (Phi) is 6.77. The number of rotatable bonds is 6. The van der Waals surface area contributed by atoms with E-state index in [9.17, 15) is 9.59 Å². The van der Waals surface area contributed by atoms with Crippen LogP contribution in [0.2, 0.25) is 0 Å². The lowest BCUT2D eigenvalue weighted by atomic mass is 10.0. The summed E-state index contributed by atoms with van der Waals surface area (Å²) < 4.78 is 11.6. The zero-order chi connectivity index (χ0) is 24.3. The number of nitrogens with two attached hydrogens (primary N) is 1. The zero-order valence-electron chi connectivity index (χ0n) is 20.0. The number of hydrogen-bond donors (Lipinski definition) is 2. The molecule has 8 heteroatoms. The van der Waals surface area contributed by atoms with Gasteiger partial charge in [-0.05, 0) is 82.5 Å². The normalized spacial score (nSPS) is 16.4. The molecule has 1 unspecified atom stereocenters. The summed E-state index contributed by atoms with van der Waals surface area (Å²) in [7, 11) is 0. The smallest absolute Gasteiger partial charge is 0.410 e. The molecule has 8 nitrogen and oxygen atoms in total. The monoisotopic (exact) mass is 464 g/mol. The van der Waals surface area contributed by atoms with E-state index in [0.29, 0.717) is 23.5 Å². The maximum atomic E-state index is 12.6. The van der Waals surface area contributed by atoms with Crippen molar-refractivity contribution in [2.75, 3.05) is 13.2 Å². The number of likely N-dealkylation sites (tertiary alicyclic amines) is 1. The standard InChI is InChI=1S/C26H32N4O4/c1-26(2,3)34-25(32)30-14-5-4-6-19(30)13-15-33-20-10-7-17(8-11-20)24-28-21-12-9-18(23(27)31)16-22(21)29-24/h7-12,16,19H,4-6,13-15H2,1-3H3,(H2,27,31)(H,28,29). The second kappa shape index (κ2) is 9.75. The minimum atomic E-state index is -0.499. The predicted octanol–water partition coefficient (Wildman–Crippen LogP) is 4.89. The molecule has 1 aromatic heterocycles. The summed E-state index contributed by atoms with van der Waals surface area (Å²) in [5.41, 5.74) is 7.72. The van der Waals surface area contributed by atoms with Crippen LogP contribution in [0.3, 0.4) is 0 Å². The van der Waals surface area contributed by atoms with Gasteiger partial charge in [-0.25, -0.2) is 9.78 Å². The summed E-state index contributed by atoms with van der Waals surface area (Å²) in [5.74, 6) is 0.990. The Morgan fingerprint density at radius 1 is 1.15 bits per heavy atom. The van der Waals surface area contributed by atoms with Crippen molar-refractivity contribution in [2.45, 2.75) is 58.1 Å². The van der Waals surface area contributed by atoms with Crippen LogP contribution < -0.4 is 10.5 Å². The summed E-state index contributed by atoms with van der Waals surface area (Å²) >= 11 is 0. The number of carbonyl (C=O) groups is 2. The van der Waals surface area contributed by atoms with Crippen LogP contribution in [0.4, 0.5) is 4.79 Å². The Balaban J connectivity index is 1.35. The number of primary amides is 1. The number of piperidine rings is 1. The molecule has 34 heavy (non-hydrogen) atoms. The van der Waals surface area contributed by atoms with Crippen molar-refractivity contribution in [2.24, 2.45) is 5.73 Å². The third-order valence-electron chi connectivity index (χ3n) is 5.87. The van der Waals surface area contributed by atoms with E-state index in [2.05, 4.69) is 9.97 Å². The molecule has 1 saturated heterocycles. The highest BCUT2D eigenvalue weighted by Crippen LogP contribution is 2.25. The van der Waals surface area contributed by atoms with E-state index >= 15 is 0 Å². The quantitative estimate of drug-likeness (QED) is 0.540. The van der Waals surface area contributed by atoms with Gasteiger partial charge < -0.3 is 25.1 Å². The van der Waals surface area contributed by atoms with Crippen LogP contribution in [0.1, 0.15) is 56.8 Å². The van der Waals surface area contributed by atoms with Crippen molar-refractivity contribution in [1.29, 1.82) is 0 Å². The molecule has 0 radical (unpaired) electrons. The Morgan fingerprint density at radius 2 is 1.91 bits per heavy atom. The molecule has 2 aromatic carbocycles. The fraction of sp³-hybridized carbons (Fsp3) is 0.423. The molecular weight excluding hydrogens is 432 g/mol. The SMILES string of the molecule is CC(C)(C)OC(=O)N1CCCCC1CCOc1ccc(-c2nc3cc(C(N)=O)ccc3[nH]2)cc1. The van der Waals surface area contributed by atoms with Crippen molar-refractivity contribution in [3.05, 3.63) is 48.0 Å². The van der Waals surface area contributed by atoms with Crippen molar-refractivity contribution < 1.29 is 19.1 Å². The maximum absolute atomic E-state index is 12.6. The molecule has 2 amide bonds. The van der Waals surface area contributed by atoms with Gasteiger partial charge in [0.25, 0.3) is 0 Å². The minimum Gasteiger partial charge on any atom is -0.494 e. The van der Waals surface area contributed by atoms with Crippen molar-refractivity contribution in [1.82, 2.24) is 14.9 Å². The number of aromatic nitrogens is 2. The first kappa shape index (κ1) is 23.6. The fourth-order valence-corrected chi connectivity index (χ4v) is 4.18. The van der Waals surface area contributed by atoms with Gasteiger partial charge in [0.15, 0.2) is 0 Å². The van der Waals surface area contributed by atoms with Gasteiger partial charge in [-0.1, -0.05) is 0 Å². The molecule has 1 fully saturated rings. The summed E-state index contributed by atoms with van der Waals surface area (Å²) in [5, 5.41) is 0. The van der Waals surface area contributed by atoms with Crippen LogP contribution in [-0.2, 0) is 4.74 Å². The molecule has 0 saturated carbocycles. The van der Waals surface area contributed by atoms with Gasteiger partial charge in [0.2, 0.25) is 5.91 Å². The molecule has 1 aliphatic rings. The first-order chi connectivity index (χ1) is 16.2. The first-order valence-corrected chi connectivity index (χ1v) is 11.7. The molecule has 0 spiro atoms. The zero-order valence-corrected chi connectivity index (χ0v) is 20.0. The first-order valence-electron chi connectivity index (χ1n) is 11.7. The average molecular weight is 465 g/mol. The molecule has 0 bridgehead atoms. The highest BCUT2D eigenvalue weighted by atomic mass is 16.6. The van der Waals surface area contributed by atoms with Gasteiger partial charge in [0.1, 0.15) is 17.2 Å². The van der Waals surface area contributed by atoms with E-state index in [1.165, 1.54) is 0 Å². The minimum absolute atomic E-state index is 0.128. The second-order valence-electron chi connectivity index (χ2n) is 9.67. The summed E-state index contributed by atoms with van der Waals surface area (Å²) in [4.78, 5) is 33.7. The third kappa shape index (κ3) is 5.68. The molecule has 2 heterocycles. The Labute approximate surface area is 199 Å². The Bertz CT molecular complexity index is 1160. The van der Waals surface area contributed by atoms with Gasteiger partial charge in [-0.15, -0.1) is 0 Å². The van der Waals surface area contributed by atoms with Crippen LogP contribution in [-0.4, -0.2) is 51.7 Å². The topological polar surface area (TPSA) is 111 Å². The van der Waals surface area contributed by atoms with Crippen LogP contribution in [0, 0.1) is 0 Å². The van der Waals surface area contributed by atoms with Gasteiger partial charge in [0.05, 0.1) is 17.6 Å². The second-order valence-corrected chi connectivity index (χ2v) is 9.67. The molecule has 4 rings (SSSR count). The lowest BCUT2D eigenvalue weighted by Crippen LogP contribution is -2.46. The maximum Gasteiger partial charge on any atom is 0.410 e. The molecular formula is C26H32N4O4. The van der Waals surface area contributed by atoms with Gasteiger partial charge in [-0.3, -0.25) is 4.79 Å². The number of hydrogen-bond acceptors (Lipinski definition) is 5. The van der Waals surface area contributed by atoms with Crippen molar-refractivity contribution in [3.63, 3.8) is 0 Å². The fourth-order valence-electron chi connectivity index (χ4n) is 4.18. The molecule has 3 aromatic rings. The Morgan fingerprint density at radius 3 is 2.62 bits per heavy atom. The third-order valence-corrected chi connectivity index (χ3v) is 5.87. The van der Waals surface area contributed by atoms with E-state index in [0.717, 1.165) is 49.1 Å². The van der Waals surface area contributed by atoms with E-state index in [1.54, 1.807) is 18.2 Å². The number of nitrogens with zero attached hydrogens (tertiary/aromatic N) is 2. The van der Waals surface area contributed by atoms with E-state index in [1.807, 2.05) is 49.9 Å². The number of nitrogens with one attached hydrogen (secondary N) is 1. The summed E-state index contributed by atoms with van der Waals surface area (Å²) in [6, 6.07) is 13.0.